The van der Waals surface area contributed by atoms with Gasteiger partial charge in [-0.15, -0.1) is 0 Å². The third kappa shape index (κ3) is 1.94. The molecule has 0 aliphatic carbocycles. The van der Waals surface area contributed by atoms with Crippen LogP contribution < -0.4 is 11.4 Å². The average molecular weight is 286 g/mol. The number of nitrogens with zero attached hydrogens (tertiary/aromatic N) is 3. The number of aliphatic imine (C=N–C) groups is 1. The van der Waals surface area contributed by atoms with E-state index in [9.17, 15) is 25.2 Å². The summed E-state index contributed by atoms with van der Waals surface area (Å²) in [5, 5.41) is 38.5. The molecule has 0 amide bonds. The van der Waals surface area contributed by atoms with Crippen LogP contribution in [0.2, 0.25) is 0 Å². The van der Waals surface area contributed by atoms with E-state index in [0.29, 0.717) is 0 Å². The molecule has 10 nitrogen and oxygen atoms in total. The van der Waals surface area contributed by atoms with Gasteiger partial charge in [-0.1, -0.05) is 0 Å². The van der Waals surface area contributed by atoms with E-state index in [0.717, 1.165) is 10.8 Å². The molecule has 1 aromatic rings. The SMILES string of the molecule is C=N[C@]1(CO)O[C@@H](n2cc(O)c(N)nc2=O)[C@H](O)[C@@H]1O. The quantitative estimate of drug-likeness (QED) is 0.371. The van der Waals surface area contributed by atoms with Crippen molar-refractivity contribution in [2.45, 2.75) is 24.2 Å². The normalized spacial score (nSPS) is 33.2. The summed E-state index contributed by atoms with van der Waals surface area (Å²) in [5.74, 6) is -0.877. The number of rotatable bonds is 3. The summed E-state index contributed by atoms with van der Waals surface area (Å²) < 4.78 is 5.96. The molecule has 2 heterocycles. The largest absolute Gasteiger partial charge is 0.503 e. The van der Waals surface area contributed by atoms with E-state index < -0.39 is 42.2 Å². The molecule has 0 saturated carbocycles. The van der Waals surface area contributed by atoms with Crippen molar-refractivity contribution in [1.82, 2.24) is 9.55 Å². The average Bonchev–Trinajstić information content (AvgIpc) is 2.68. The van der Waals surface area contributed by atoms with E-state index in [1.165, 1.54) is 0 Å². The standard InChI is InChI=1S/C10H14N4O6/c1-12-10(3-15)6(18)5(17)8(20-10)14-2-4(16)7(11)13-9(14)19/h2,5-6,8,15-18H,1,3H2,(H2,11,13,19)/t5-,6+,8-,10-/m1/s1. The Kier molecular flexibility index (Phi) is 3.48. The molecule has 6 N–H and O–H groups in total. The summed E-state index contributed by atoms with van der Waals surface area (Å²) in [6, 6.07) is 0. The van der Waals surface area contributed by atoms with Crippen LogP contribution in [0.25, 0.3) is 0 Å². The summed E-state index contributed by atoms with van der Waals surface area (Å²) >= 11 is 0. The number of nitrogens with two attached hydrogens (primary N) is 1. The monoisotopic (exact) mass is 286 g/mol. The smallest absolute Gasteiger partial charge is 0.351 e. The molecule has 0 spiro atoms. The second-order valence-corrected chi connectivity index (χ2v) is 4.31. The van der Waals surface area contributed by atoms with Crippen molar-refractivity contribution >= 4 is 12.5 Å². The van der Waals surface area contributed by atoms with E-state index in [2.05, 4.69) is 16.7 Å². The molecule has 0 radical (unpaired) electrons. The summed E-state index contributed by atoms with van der Waals surface area (Å²) in [6.45, 7) is 2.42. The lowest BCUT2D eigenvalue weighted by Crippen LogP contribution is -2.44. The highest BCUT2D eigenvalue weighted by atomic mass is 16.6. The molecule has 10 heteroatoms. The van der Waals surface area contributed by atoms with Gasteiger partial charge >= 0.3 is 5.69 Å². The Morgan fingerprint density at radius 2 is 2.25 bits per heavy atom. The van der Waals surface area contributed by atoms with Gasteiger partial charge in [0.15, 0.2) is 17.8 Å². The summed E-state index contributed by atoms with van der Waals surface area (Å²) in [6.07, 6.45) is -3.70. The highest BCUT2D eigenvalue weighted by molar-refractivity contribution is 5.41. The highest BCUT2D eigenvalue weighted by Gasteiger charge is 2.54. The minimum absolute atomic E-state index is 0.380. The first kappa shape index (κ1) is 14.4. The van der Waals surface area contributed by atoms with Gasteiger partial charge < -0.3 is 30.9 Å². The van der Waals surface area contributed by atoms with Gasteiger partial charge in [0.2, 0.25) is 5.72 Å². The van der Waals surface area contributed by atoms with Gasteiger partial charge in [-0.05, 0) is 6.72 Å². The Labute approximate surface area is 112 Å². The maximum atomic E-state index is 11.7. The number of anilines is 1. The number of aliphatic hydroxyl groups is 3. The van der Waals surface area contributed by atoms with Crippen LogP contribution in [0.3, 0.4) is 0 Å². The minimum atomic E-state index is -1.86. The first-order chi connectivity index (χ1) is 9.36. The number of hydrogen-bond donors (Lipinski definition) is 5. The number of aliphatic hydroxyl groups excluding tert-OH is 3. The number of ether oxygens (including phenoxy) is 1. The zero-order chi connectivity index (χ0) is 15.1. The van der Waals surface area contributed by atoms with E-state index in [1.807, 2.05) is 0 Å². The third-order valence-electron chi connectivity index (χ3n) is 3.13. The Bertz CT molecular complexity index is 590. The predicted molar refractivity (Wildman–Crippen MR) is 66.1 cm³/mol. The van der Waals surface area contributed by atoms with E-state index in [-0.39, 0.29) is 5.82 Å². The van der Waals surface area contributed by atoms with Crippen LogP contribution in [0.4, 0.5) is 5.82 Å². The van der Waals surface area contributed by atoms with Crippen LogP contribution in [0.1, 0.15) is 6.23 Å². The molecule has 0 aromatic carbocycles. The Morgan fingerprint density at radius 1 is 1.60 bits per heavy atom. The van der Waals surface area contributed by atoms with Crippen molar-refractivity contribution < 1.29 is 25.2 Å². The molecule has 0 unspecified atom stereocenters. The van der Waals surface area contributed by atoms with Crippen LogP contribution in [-0.2, 0) is 4.74 Å². The molecule has 1 aliphatic heterocycles. The molecule has 2 rings (SSSR count). The molecular weight excluding hydrogens is 272 g/mol. The Morgan fingerprint density at radius 3 is 2.75 bits per heavy atom. The van der Waals surface area contributed by atoms with Crippen LogP contribution in [-0.4, -0.2) is 61.2 Å². The van der Waals surface area contributed by atoms with Gasteiger partial charge in [-0.25, -0.2) is 4.79 Å². The zero-order valence-corrected chi connectivity index (χ0v) is 10.2. The van der Waals surface area contributed by atoms with Gasteiger partial charge in [-0.3, -0.25) is 9.56 Å². The maximum absolute atomic E-state index is 11.7. The lowest BCUT2D eigenvalue weighted by atomic mass is 10.1. The molecule has 1 fully saturated rings. The first-order valence-electron chi connectivity index (χ1n) is 5.56. The van der Waals surface area contributed by atoms with Crippen molar-refractivity contribution in [1.29, 1.82) is 0 Å². The second kappa shape index (κ2) is 4.83. The van der Waals surface area contributed by atoms with Gasteiger partial charge in [0, 0.05) is 0 Å². The molecule has 0 bridgehead atoms. The van der Waals surface area contributed by atoms with E-state index in [4.69, 9.17) is 10.5 Å². The van der Waals surface area contributed by atoms with Crippen molar-refractivity contribution in [2.75, 3.05) is 12.3 Å². The lowest BCUT2D eigenvalue weighted by Gasteiger charge is -2.24. The Hall–Kier alpha value is -2.01. The fraction of sp³-hybridized carbons (Fsp3) is 0.500. The molecule has 1 aliphatic rings. The second-order valence-electron chi connectivity index (χ2n) is 4.31. The molecule has 20 heavy (non-hydrogen) atoms. The van der Waals surface area contributed by atoms with Gasteiger partial charge in [0.25, 0.3) is 0 Å². The fourth-order valence-corrected chi connectivity index (χ4v) is 1.96. The molecule has 4 atom stereocenters. The van der Waals surface area contributed by atoms with Crippen LogP contribution in [0, 0.1) is 0 Å². The predicted octanol–water partition coefficient (Wildman–Crippen LogP) is -2.83. The zero-order valence-electron chi connectivity index (χ0n) is 10.2. The van der Waals surface area contributed by atoms with E-state index >= 15 is 0 Å². The molecule has 1 aromatic heterocycles. The molecule has 110 valence electrons. The highest BCUT2D eigenvalue weighted by Crippen LogP contribution is 2.37. The van der Waals surface area contributed by atoms with E-state index in [1.54, 1.807) is 0 Å². The summed E-state index contributed by atoms with van der Waals surface area (Å²) in [5.41, 5.74) is 2.49. The number of nitrogen functional groups attached to an aromatic ring is 1. The molecule has 1 saturated heterocycles. The van der Waals surface area contributed by atoms with Crippen LogP contribution >= 0.6 is 0 Å². The fourth-order valence-electron chi connectivity index (χ4n) is 1.96. The van der Waals surface area contributed by atoms with Crippen molar-refractivity contribution in [3.8, 4) is 5.75 Å². The topological polar surface area (TPSA) is 163 Å². The van der Waals surface area contributed by atoms with Gasteiger partial charge in [0.1, 0.15) is 12.2 Å². The summed E-state index contributed by atoms with van der Waals surface area (Å²) in [4.78, 5) is 18.5. The van der Waals surface area contributed by atoms with Gasteiger partial charge in [-0.2, -0.15) is 4.98 Å². The minimum Gasteiger partial charge on any atom is -0.503 e. The summed E-state index contributed by atoms with van der Waals surface area (Å²) in [7, 11) is 0. The maximum Gasteiger partial charge on any atom is 0.351 e. The van der Waals surface area contributed by atoms with Crippen LogP contribution in [0.5, 0.6) is 5.75 Å². The Balaban J connectivity index is 2.47. The number of aromatic nitrogens is 2. The van der Waals surface area contributed by atoms with Gasteiger partial charge in [0.05, 0.1) is 12.8 Å². The molecular formula is C10H14N4O6. The van der Waals surface area contributed by atoms with Crippen molar-refractivity contribution in [2.24, 2.45) is 4.99 Å². The van der Waals surface area contributed by atoms with Crippen molar-refractivity contribution in [3.05, 3.63) is 16.7 Å². The number of hydrogen-bond acceptors (Lipinski definition) is 9. The lowest BCUT2D eigenvalue weighted by molar-refractivity contribution is -0.123. The van der Waals surface area contributed by atoms with Crippen LogP contribution in [0.15, 0.2) is 16.0 Å². The van der Waals surface area contributed by atoms with Crippen molar-refractivity contribution in [3.63, 3.8) is 0 Å². The first-order valence-corrected chi connectivity index (χ1v) is 5.56. The number of aromatic hydroxyl groups is 1. The third-order valence-corrected chi connectivity index (χ3v) is 3.13.